The number of halogens is 2. The summed E-state index contributed by atoms with van der Waals surface area (Å²) in [5.74, 6) is 0.571. The summed E-state index contributed by atoms with van der Waals surface area (Å²) in [5.41, 5.74) is 2.68. The molecule has 0 radical (unpaired) electrons. The van der Waals surface area contributed by atoms with Gasteiger partial charge in [0, 0.05) is 18.5 Å². The van der Waals surface area contributed by atoms with Gasteiger partial charge in [0.15, 0.2) is 16.6 Å². The first-order chi connectivity index (χ1) is 14.5. The molecule has 1 atom stereocenters. The fraction of sp³-hybridized carbons (Fsp3) is 0.222. The van der Waals surface area contributed by atoms with Gasteiger partial charge < -0.3 is 5.32 Å². The Bertz CT molecular complexity index is 1250. The molecule has 0 saturated heterocycles. The molecule has 1 aliphatic rings. The van der Waals surface area contributed by atoms with Crippen LogP contribution in [0.4, 0.5) is 16.2 Å². The fourth-order valence-electron chi connectivity index (χ4n) is 3.54. The first kappa shape index (κ1) is 18.8. The third-order valence-electron chi connectivity index (χ3n) is 4.94. The van der Waals surface area contributed by atoms with Gasteiger partial charge in [0.05, 0.1) is 46.9 Å². The molecule has 0 unspecified atom stereocenters. The van der Waals surface area contributed by atoms with Crippen LogP contribution in [0.2, 0.25) is 10.2 Å². The van der Waals surface area contributed by atoms with Gasteiger partial charge in [-0.25, -0.2) is 19.3 Å². The second-order valence-electron chi connectivity index (χ2n) is 6.89. The average molecular weight is 444 g/mol. The molecule has 5 rings (SSSR count). The molecule has 0 aliphatic carbocycles. The van der Waals surface area contributed by atoms with E-state index in [9.17, 15) is 4.79 Å². The molecule has 1 aliphatic heterocycles. The highest BCUT2D eigenvalue weighted by Crippen LogP contribution is 2.35. The molecule has 152 valence electrons. The number of carbonyl (C=O) groups excluding carboxylic acids is 1. The maximum atomic E-state index is 13.0. The van der Waals surface area contributed by atoms with Crippen molar-refractivity contribution in [2.75, 3.05) is 16.8 Å². The highest BCUT2D eigenvalue weighted by Gasteiger charge is 2.30. The number of fused-ring (bicyclic) bond motifs is 3. The van der Waals surface area contributed by atoms with E-state index in [1.54, 1.807) is 27.7 Å². The predicted molar refractivity (Wildman–Crippen MR) is 112 cm³/mol. The summed E-state index contributed by atoms with van der Waals surface area (Å²) in [5, 5.41) is 15.8. The zero-order valence-corrected chi connectivity index (χ0v) is 17.2. The summed E-state index contributed by atoms with van der Waals surface area (Å²) in [6, 6.07) is 2.98. The van der Waals surface area contributed by atoms with Crippen molar-refractivity contribution < 1.29 is 4.79 Å². The highest BCUT2D eigenvalue weighted by atomic mass is 35.5. The molecule has 30 heavy (non-hydrogen) atoms. The Balaban J connectivity index is 1.44. The van der Waals surface area contributed by atoms with Crippen LogP contribution >= 0.6 is 23.2 Å². The number of nitrogens with zero attached hydrogens (tertiary/aromatic N) is 8. The van der Waals surface area contributed by atoms with Crippen molar-refractivity contribution in [3.05, 3.63) is 52.8 Å². The van der Waals surface area contributed by atoms with Crippen LogP contribution < -0.4 is 10.2 Å². The van der Waals surface area contributed by atoms with E-state index >= 15 is 0 Å². The second-order valence-corrected chi connectivity index (χ2v) is 7.68. The van der Waals surface area contributed by atoms with E-state index in [2.05, 4.69) is 37.5 Å². The molecule has 4 aromatic rings. The van der Waals surface area contributed by atoms with Crippen molar-refractivity contribution in [3.63, 3.8) is 0 Å². The Kier molecular flexibility index (Phi) is 4.52. The van der Waals surface area contributed by atoms with E-state index in [0.717, 1.165) is 12.1 Å². The summed E-state index contributed by atoms with van der Waals surface area (Å²) in [6.45, 7) is 2.63. The molecule has 1 N–H and O–H groups in total. The first-order valence-electron chi connectivity index (χ1n) is 9.16. The van der Waals surface area contributed by atoms with Crippen molar-refractivity contribution in [2.24, 2.45) is 0 Å². The van der Waals surface area contributed by atoms with Gasteiger partial charge in [0.25, 0.3) is 0 Å². The van der Waals surface area contributed by atoms with Crippen LogP contribution in [0.25, 0.3) is 11.5 Å². The van der Waals surface area contributed by atoms with Crippen molar-refractivity contribution in [3.8, 4) is 5.82 Å². The lowest BCUT2D eigenvalue weighted by Crippen LogP contribution is -2.40. The number of anilines is 2. The topological polar surface area (TPSA) is 106 Å². The normalized spacial score (nSPS) is 16.0. The van der Waals surface area contributed by atoms with Crippen molar-refractivity contribution >= 4 is 46.3 Å². The number of carbonyl (C=O) groups is 1. The van der Waals surface area contributed by atoms with Gasteiger partial charge in [-0.1, -0.05) is 30.1 Å². The average Bonchev–Trinajstić information content (AvgIpc) is 3.37. The third-order valence-corrected chi connectivity index (χ3v) is 5.40. The van der Waals surface area contributed by atoms with Crippen LogP contribution in [-0.2, 0) is 0 Å². The van der Waals surface area contributed by atoms with Gasteiger partial charge in [-0.05, 0) is 12.5 Å². The van der Waals surface area contributed by atoms with Crippen molar-refractivity contribution in [1.29, 1.82) is 0 Å². The van der Waals surface area contributed by atoms with Crippen LogP contribution in [0.1, 0.15) is 25.0 Å². The van der Waals surface area contributed by atoms with E-state index in [4.69, 9.17) is 23.2 Å². The molecule has 0 bridgehead atoms. The molecule has 0 spiro atoms. The number of pyridine rings is 1. The number of aromatic nitrogens is 7. The summed E-state index contributed by atoms with van der Waals surface area (Å²) in [4.78, 5) is 24.6. The lowest BCUT2D eigenvalue weighted by Gasteiger charge is -2.32. The van der Waals surface area contributed by atoms with Gasteiger partial charge in [-0.3, -0.25) is 4.90 Å². The van der Waals surface area contributed by atoms with Gasteiger partial charge >= 0.3 is 6.03 Å². The van der Waals surface area contributed by atoms with Gasteiger partial charge in [-0.2, -0.15) is 15.3 Å². The minimum atomic E-state index is -0.314. The zero-order chi connectivity index (χ0) is 20.8. The van der Waals surface area contributed by atoms with Crippen molar-refractivity contribution in [1.82, 2.24) is 34.6 Å². The molecule has 0 aromatic carbocycles. The number of nitrogens with one attached hydrogen (secondary N) is 1. The molecule has 0 fully saturated rings. The summed E-state index contributed by atoms with van der Waals surface area (Å²) < 4.78 is 1.70. The Labute approximate surface area is 180 Å². The lowest BCUT2D eigenvalue weighted by molar-refractivity contribution is 0.256. The number of hydrogen-bond acceptors (Lipinski definition) is 6. The van der Waals surface area contributed by atoms with Crippen LogP contribution in [0, 0.1) is 0 Å². The van der Waals surface area contributed by atoms with E-state index < -0.39 is 0 Å². The quantitative estimate of drug-likeness (QED) is 0.507. The van der Waals surface area contributed by atoms with Crippen LogP contribution in [-0.4, -0.2) is 47.2 Å². The maximum absolute atomic E-state index is 13.0. The van der Waals surface area contributed by atoms with Gasteiger partial charge in [-0.15, -0.1) is 4.80 Å². The number of amides is 2. The van der Waals surface area contributed by atoms with E-state index in [0.29, 0.717) is 39.6 Å². The summed E-state index contributed by atoms with van der Waals surface area (Å²) >= 11 is 12.3. The second kappa shape index (κ2) is 7.22. The Morgan fingerprint density at radius 1 is 1.17 bits per heavy atom. The Hall–Kier alpha value is -3.24. The molecule has 12 heteroatoms. The largest absolute Gasteiger partial charge is 0.326 e. The number of rotatable bonds is 2. The maximum Gasteiger partial charge on any atom is 0.326 e. The molecule has 5 heterocycles. The smallest absolute Gasteiger partial charge is 0.306 e. The monoisotopic (exact) mass is 443 g/mol. The molecule has 4 aromatic heterocycles. The highest BCUT2D eigenvalue weighted by molar-refractivity contribution is 6.32. The van der Waals surface area contributed by atoms with E-state index in [1.165, 1.54) is 23.4 Å². The molecule has 2 amide bonds. The molecular weight excluding hydrogens is 429 g/mol. The Morgan fingerprint density at radius 3 is 2.73 bits per heavy atom. The molecule has 0 saturated carbocycles. The third kappa shape index (κ3) is 3.14. The summed E-state index contributed by atoms with van der Waals surface area (Å²) in [6.07, 6.45) is 7.01. The van der Waals surface area contributed by atoms with Gasteiger partial charge in [0.1, 0.15) is 0 Å². The summed E-state index contributed by atoms with van der Waals surface area (Å²) in [7, 11) is 0. The predicted octanol–water partition coefficient (Wildman–Crippen LogP) is 3.56. The fourth-order valence-corrected chi connectivity index (χ4v) is 3.95. The van der Waals surface area contributed by atoms with E-state index in [-0.39, 0.29) is 11.9 Å². The number of hydrogen-bond donors (Lipinski definition) is 1. The van der Waals surface area contributed by atoms with Crippen LogP contribution in [0.3, 0.4) is 0 Å². The minimum Gasteiger partial charge on any atom is -0.306 e. The standard InChI is InChI=1S/C18H15Cl2N9O/c1-10-2-5-27(13-9-21-15-7-14(20)26-28(15)16(10)13)18(30)25-11-6-12(19)17(22-8-11)29-23-3-4-24-29/h3-4,6-10H,2,5H2,1H3,(H,25,30)/t10-/m0/s1. The molecular formula is C18H15Cl2N9O. The zero-order valence-electron chi connectivity index (χ0n) is 15.7. The SMILES string of the molecule is C[C@H]1CCN(C(=O)Nc2cnc(-n3nccn3)c(Cl)c2)c2cnc3cc(Cl)nn3c21. The molecule has 10 nitrogen and oxygen atoms in total. The van der Waals surface area contributed by atoms with Crippen molar-refractivity contribution in [2.45, 2.75) is 19.3 Å². The minimum absolute atomic E-state index is 0.197. The number of urea groups is 1. The van der Waals surface area contributed by atoms with Crippen LogP contribution in [0.5, 0.6) is 0 Å². The van der Waals surface area contributed by atoms with E-state index in [1.807, 2.05) is 0 Å². The lowest BCUT2D eigenvalue weighted by atomic mass is 9.97. The van der Waals surface area contributed by atoms with Gasteiger partial charge in [0.2, 0.25) is 0 Å². The Morgan fingerprint density at radius 2 is 1.97 bits per heavy atom. The first-order valence-corrected chi connectivity index (χ1v) is 9.92. The van der Waals surface area contributed by atoms with Crippen LogP contribution in [0.15, 0.2) is 36.9 Å².